The van der Waals surface area contributed by atoms with Crippen molar-refractivity contribution >= 4 is 5.97 Å². The van der Waals surface area contributed by atoms with Gasteiger partial charge in [0, 0.05) is 25.1 Å². The molecule has 4 nitrogen and oxygen atoms in total. The molecule has 1 N–H and O–H groups in total. The molecule has 0 amide bonds. The zero-order valence-electron chi connectivity index (χ0n) is 12.7. The first-order chi connectivity index (χ1) is 10.0. The molecule has 4 heteroatoms. The van der Waals surface area contributed by atoms with E-state index in [0.717, 1.165) is 37.2 Å². The van der Waals surface area contributed by atoms with E-state index in [1.54, 1.807) is 0 Å². The second-order valence-electron chi connectivity index (χ2n) is 6.75. The quantitative estimate of drug-likeness (QED) is 0.925. The molecule has 114 valence electrons. The molecule has 2 aliphatic heterocycles. The van der Waals surface area contributed by atoms with Crippen molar-refractivity contribution in [2.45, 2.75) is 31.7 Å². The van der Waals surface area contributed by atoms with Crippen molar-refractivity contribution in [1.82, 2.24) is 4.90 Å². The summed E-state index contributed by atoms with van der Waals surface area (Å²) in [7, 11) is 0. The van der Waals surface area contributed by atoms with Gasteiger partial charge in [-0.3, -0.25) is 9.69 Å². The summed E-state index contributed by atoms with van der Waals surface area (Å²) in [6, 6.07) is 7.45. The van der Waals surface area contributed by atoms with Gasteiger partial charge in [0.15, 0.2) is 0 Å². The summed E-state index contributed by atoms with van der Waals surface area (Å²) in [4.78, 5) is 13.9. The maximum atomic E-state index is 11.8. The van der Waals surface area contributed by atoms with E-state index in [0.29, 0.717) is 12.5 Å². The maximum Gasteiger partial charge on any atom is 0.325 e. The van der Waals surface area contributed by atoms with Gasteiger partial charge in [-0.1, -0.05) is 38.1 Å². The van der Waals surface area contributed by atoms with E-state index in [4.69, 9.17) is 4.74 Å². The molecule has 0 aliphatic carbocycles. The maximum absolute atomic E-state index is 11.8. The average Bonchev–Trinajstić information content (AvgIpc) is 2.85. The minimum atomic E-state index is -0.753. The predicted molar refractivity (Wildman–Crippen MR) is 80.3 cm³/mol. The smallest absolute Gasteiger partial charge is 0.325 e. The lowest BCUT2D eigenvalue weighted by atomic mass is 9.77. The van der Waals surface area contributed by atoms with Crippen LogP contribution in [0.2, 0.25) is 0 Å². The van der Waals surface area contributed by atoms with Crippen LogP contribution in [0.25, 0.3) is 0 Å². The molecular weight excluding hydrogens is 266 g/mol. The fourth-order valence-corrected chi connectivity index (χ4v) is 3.61. The van der Waals surface area contributed by atoms with Crippen molar-refractivity contribution in [2.75, 3.05) is 26.3 Å². The Balaban J connectivity index is 1.98. The van der Waals surface area contributed by atoms with Crippen molar-refractivity contribution in [3.05, 3.63) is 35.4 Å². The summed E-state index contributed by atoms with van der Waals surface area (Å²) >= 11 is 0. The zero-order chi connectivity index (χ0) is 15.0. The SMILES string of the molecule is CC1CN(C(C(=O)O)c2ccccc2C2(C)CCOC2)C1. The molecule has 21 heavy (non-hydrogen) atoms. The van der Waals surface area contributed by atoms with Crippen LogP contribution < -0.4 is 0 Å². The van der Waals surface area contributed by atoms with Crippen molar-refractivity contribution in [3.63, 3.8) is 0 Å². The second kappa shape index (κ2) is 5.43. The third kappa shape index (κ3) is 2.58. The molecule has 0 radical (unpaired) electrons. The minimum Gasteiger partial charge on any atom is -0.480 e. The number of likely N-dealkylation sites (tertiary alicyclic amines) is 1. The van der Waals surface area contributed by atoms with Crippen LogP contribution in [0.1, 0.15) is 37.4 Å². The monoisotopic (exact) mass is 289 g/mol. The Morgan fingerprint density at radius 1 is 1.43 bits per heavy atom. The van der Waals surface area contributed by atoms with Crippen LogP contribution in [-0.4, -0.2) is 42.3 Å². The highest BCUT2D eigenvalue weighted by atomic mass is 16.5. The first-order valence-electron chi connectivity index (χ1n) is 7.65. The first-order valence-corrected chi connectivity index (χ1v) is 7.65. The lowest BCUT2D eigenvalue weighted by molar-refractivity contribution is -0.146. The van der Waals surface area contributed by atoms with Crippen LogP contribution in [0.4, 0.5) is 0 Å². The van der Waals surface area contributed by atoms with Gasteiger partial charge < -0.3 is 9.84 Å². The molecule has 0 aromatic heterocycles. The number of hydrogen-bond donors (Lipinski definition) is 1. The predicted octanol–water partition coefficient (Wildman–Crippen LogP) is 2.44. The van der Waals surface area contributed by atoms with Gasteiger partial charge in [0.2, 0.25) is 0 Å². The lowest BCUT2D eigenvalue weighted by Gasteiger charge is -2.42. The summed E-state index contributed by atoms with van der Waals surface area (Å²) in [6.07, 6.45) is 0.951. The fraction of sp³-hybridized carbons (Fsp3) is 0.588. The van der Waals surface area contributed by atoms with Gasteiger partial charge in [-0.15, -0.1) is 0 Å². The highest BCUT2D eigenvalue weighted by Gasteiger charge is 2.40. The van der Waals surface area contributed by atoms with E-state index in [1.807, 2.05) is 18.2 Å². The molecule has 2 unspecified atom stereocenters. The number of hydrogen-bond acceptors (Lipinski definition) is 3. The second-order valence-corrected chi connectivity index (χ2v) is 6.75. The number of carboxylic acids is 1. The van der Waals surface area contributed by atoms with E-state index in [1.165, 1.54) is 0 Å². The Hall–Kier alpha value is -1.39. The number of rotatable bonds is 4. The molecule has 3 rings (SSSR count). The van der Waals surface area contributed by atoms with Gasteiger partial charge >= 0.3 is 5.97 Å². The van der Waals surface area contributed by atoms with Crippen LogP contribution in [-0.2, 0) is 14.9 Å². The Labute approximate surface area is 125 Å². The number of aliphatic carboxylic acids is 1. The highest BCUT2D eigenvalue weighted by Crippen LogP contribution is 2.39. The van der Waals surface area contributed by atoms with Crippen LogP contribution in [0.15, 0.2) is 24.3 Å². The van der Waals surface area contributed by atoms with E-state index in [9.17, 15) is 9.90 Å². The van der Waals surface area contributed by atoms with Crippen LogP contribution >= 0.6 is 0 Å². The van der Waals surface area contributed by atoms with E-state index >= 15 is 0 Å². The number of carbonyl (C=O) groups is 1. The summed E-state index contributed by atoms with van der Waals surface area (Å²) in [6.45, 7) is 7.48. The zero-order valence-corrected chi connectivity index (χ0v) is 12.7. The van der Waals surface area contributed by atoms with E-state index in [-0.39, 0.29) is 5.41 Å². The van der Waals surface area contributed by atoms with Crippen LogP contribution in [0.5, 0.6) is 0 Å². The summed E-state index contributed by atoms with van der Waals surface area (Å²) in [5, 5.41) is 9.73. The molecule has 2 heterocycles. The normalized spacial score (nSPS) is 28.3. The first kappa shape index (κ1) is 14.5. The molecule has 0 bridgehead atoms. The van der Waals surface area contributed by atoms with Gasteiger partial charge in [-0.25, -0.2) is 0 Å². The molecular formula is C17H23NO3. The number of ether oxygens (including phenoxy) is 1. The largest absolute Gasteiger partial charge is 0.480 e. The molecule has 2 atom stereocenters. The lowest BCUT2D eigenvalue weighted by Crippen LogP contribution is -2.50. The third-order valence-corrected chi connectivity index (χ3v) is 4.82. The molecule has 0 saturated carbocycles. The van der Waals surface area contributed by atoms with Gasteiger partial charge in [-0.2, -0.15) is 0 Å². The molecule has 1 aromatic carbocycles. The highest BCUT2D eigenvalue weighted by molar-refractivity contribution is 5.76. The van der Waals surface area contributed by atoms with Crippen molar-refractivity contribution in [2.24, 2.45) is 5.92 Å². The summed E-state index contributed by atoms with van der Waals surface area (Å²) in [5.41, 5.74) is 2.00. The minimum absolute atomic E-state index is 0.0687. The molecule has 1 aromatic rings. The summed E-state index contributed by atoms with van der Waals surface area (Å²) < 4.78 is 5.57. The number of benzene rings is 1. The van der Waals surface area contributed by atoms with Gasteiger partial charge in [0.1, 0.15) is 6.04 Å². The van der Waals surface area contributed by atoms with Crippen molar-refractivity contribution in [1.29, 1.82) is 0 Å². The summed E-state index contributed by atoms with van der Waals surface area (Å²) in [5.74, 6) is -0.165. The topological polar surface area (TPSA) is 49.8 Å². The van der Waals surface area contributed by atoms with E-state index in [2.05, 4.69) is 24.8 Å². The number of carboxylic acid groups (broad SMARTS) is 1. The van der Waals surface area contributed by atoms with Crippen LogP contribution in [0, 0.1) is 5.92 Å². The average molecular weight is 289 g/mol. The Kier molecular flexibility index (Phi) is 3.76. The molecule has 0 spiro atoms. The number of nitrogens with zero attached hydrogens (tertiary/aromatic N) is 1. The molecule has 2 aliphatic rings. The Morgan fingerprint density at radius 3 is 2.71 bits per heavy atom. The standard InChI is InChI=1S/C17H23NO3/c1-12-9-18(10-12)15(16(19)20)13-5-3-4-6-14(13)17(2)7-8-21-11-17/h3-6,12,15H,7-11H2,1-2H3,(H,19,20). The van der Waals surface area contributed by atoms with Crippen molar-refractivity contribution < 1.29 is 14.6 Å². The fourth-order valence-electron chi connectivity index (χ4n) is 3.61. The molecule has 2 fully saturated rings. The van der Waals surface area contributed by atoms with Gasteiger partial charge in [0.05, 0.1) is 6.61 Å². The third-order valence-electron chi connectivity index (χ3n) is 4.82. The van der Waals surface area contributed by atoms with Crippen LogP contribution in [0.3, 0.4) is 0 Å². The molecule has 2 saturated heterocycles. The van der Waals surface area contributed by atoms with Gasteiger partial charge in [0.25, 0.3) is 0 Å². The van der Waals surface area contributed by atoms with Gasteiger partial charge in [-0.05, 0) is 23.5 Å². The Bertz CT molecular complexity index is 531. The Morgan fingerprint density at radius 2 is 2.14 bits per heavy atom. The van der Waals surface area contributed by atoms with E-state index < -0.39 is 12.0 Å². The van der Waals surface area contributed by atoms with Crippen molar-refractivity contribution in [3.8, 4) is 0 Å².